The van der Waals surface area contributed by atoms with Crippen LogP contribution in [0.15, 0.2) is 42.5 Å². The summed E-state index contributed by atoms with van der Waals surface area (Å²) in [5.74, 6) is 0.661. The van der Waals surface area contributed by atoms with Crippen LogP contribution in [0, 0.1) is 12.8 Å². The summed E-state index contributed by atoms with van der Waals surface area (Å²) in [6, 6.07) is 14.8. The van der Waals surface area contributed by atoms with E-state index in [9.17, 15) is 4.79 Å². The molecule has 0 bridgehead atoms. The lowest BCUT2D eigenvalue weighted by atomic mass is 9.91. The van der Waals surface area contributed by atoms with Crippen LogP contribution in [-0.2, 0) is 4.79 Å². The van der Waals surface area contributed by atoms with Crippen molar-refractivity contribution in [3.05, 3.63) is 53.9 Å². The number of amides is 1. The smallest absolute Gasteiger partial charge is 0.225 e. The quantitative estimate of drug-likeness (QED) is 0.838. The second kappa shape index (κ2) is 7.16. The first-order valence-corrected chi connectivity index (χ1v) is 8.87. The summed E-state index contributed by atoms with van der Waals surface area (Å²) in [7, 11) is 0. The average molecular weight is 322 g/mol. The number of benzene rings is 1. The van der Waals surface area contributed by atoms with Crippen molar-refractivity contribution in [3.8, 4) is 11.1 Å². The van der Waals surface area contributed by atoms with E-state index in [-0.39, 0.29) is 11.8 Å². The Morgan fingerprint density at radius 2 is 1.92 bits per heavy atom. The van der Waals surface area contributed by atoms with Crippen LogP contribution in [0.1, 0.15) is 44.0 Å². The highest BCUT2D eigenvalue weighted by molar-refractivity contribution is 5.78. The second-order valence-electron chi connectivity index (χ2n) is 7.07. The normalized spacial score (nSPS) is 18.0. The molecule has 3 nitrogen and oxygen atoms in total. The lowest BCUT2D eigenvalue weighted by Gasteiger charge is -2.34. The molecule has 2 heterocycles. The number of piperidine rings is 1. The molecule has 0 N–H and O–H groups in total. The van der Waals surface area contributed by atoms with E-state index in [4.69, 9.17) is 4.98 Å². The van der Waals surface area contributed by atoms with E-state index in [2.05, 4.69) is 43.3 Å². The topological polar surface area (TPSA) is 33.2 Å². The van der Waals surface area contributed by atoms with Crippen molar-refractivity contribution in [1.82, 2.24) is 9.88 Å². The molecule has 0 aliphatic carbocycles. The molecule has 1 amide bonds. The number of aryl methyl sites for hydroxylation is 1. The van der Waals surface area contributed by atoms with Crippen molar-refractivity contribution < 1.29 is 4.79 Å². The molecule has 0 radical (unpaired) electrons. The van der Waals surface area contributed by atoms with Gasteiger partial charge in [-0.3, -0.25) is 9.78 Å². The van der Waals surface area contributed by atoms with Crippen LogP contribution in [0.5, 0.6) is 0 Å². The van der Waals surface area contributed by atoms with Crippen LogP contribution in [-0.4, -0.2) is 28.9 Å². The summed E-state index contributed by atoms with van der Waals surface area (Å²) in [6.07, 6.45) is 2.16. The standard InChI is InChI=1S/C21H26N2O/c1-15(2)21(24)23-11-7-10-18(14-23)20-13-19(12-16(3)22-20)17-8-5-4-6-9-17/h4-6,8-9,12-13,15,18H,7,10-11,14H2,1-3H3/t18-/m1/s1. The first kappa shape index (κ1) is 16.7. The van der Waals surface area contributed by atoms with E-state index in [1.165, 1.54) is 11.1 Å². The molecular formula is C21H26N2O. The molecule has 1 aromatic carbocycles. The van der Waals surface area contributed by atoms with Gasteiger partial charge in [-0.15, -0.1) is 0 Å². The zero-order valence-electron chi connectivity index (χ0n) is 14.8. The summed E-state index contributed by atoms with van der Waals surface area (Å²) in [6.45, 7) is 7.68. The van der Waals surface area contributed by atoms with Crippen molar-refractivity contribution in [2.75, 3.05) is 13.1 Å². The zero-order valence-corrected chi connectivity index (χ0v) is 14.8. The van der Waals surface area contributed by atoms with Crippen molar-refractivity contribution >= 4 is 5.91 Å². The van der Waals surface area contributed by atoms with E-state index >= 15 is 0 Å². The Labute approximate surface area is 144 Å². The molecule has 0 saturated carbocycles. The van der Waals surface area contributed by atoms with Crippen molar-refractivity contribution in [3.63, 3.8) is 0 Å². The molecule has 3 heteroatoms. The Hall–Kier alpha value is -2.16. The van der Waals surface area contributed by atoms with Gasteiger partial charge >= 0.3 is 0 Å². The minimum absolute atomic E-state index is 0.0640. The predicted octanol–water partition coefficient (Wildman–Crippen LogP) is 4.42. The Morgan fingerprint density at radius 3 is 2.62 bits per heavy atom. The molecule has 3 rings (SSSR count). The minimum atomic E-state index is 0.0640. The number of hydrogen-bond donors (Lipinski definition) is 0. The number of rotatable bonds is 3. The van der Waals surface area contributed by atoms with Crippen LogP contribution >= 0.6 is 0 Å². The molecule has 1 saturated heterocycles. The van der Waals surface area contributed by atoms with E-state index in [1.54, 1.807) is 0 Å². The molecule has 1 fully saturated rings. The number of likely N-dealkylation sites (tertiary alicyclic amines) is 1. The van der Waals surface area contributed by atoms with Crippen LogP contribution < -0.4 is 0 Å². The molecule has 1 aromatic heterocycles. The first-order valence-electron chi connectivity index (χ1n) is 8.87. The van der Waals surface area contributed by atoms with Crippen LogP contribution in [0.3, 0.4) is 0 Å². The monoisotopic (exact) mass is 322 g/mol. The van der Waals surface area contributed by atoms with E-state index in [0.29, 0.717) is 5.92 Å². The Balaban J connectivity index is 1.86. The van der Waals surface area contributed by atoms with E-state index in [1.807, 2.05) is 24.8 Å². The molecule has 1 atom stereocenters. The van der Waals surface area contributed by atoms with Crippen molar-refractivity contribution in [1.29, 1.82) is 0 Å². The summed E-state index contributed by atoms with van der Waals surface area (Å²) in [4.78, 5) is 19.1. The maximum atomic E-state index is 12.3. The number of hydrogen-bond acceptors (Lipinski definition) is 2. The Morgan fingerprint density at radius 1 is 1.17 bits per heavy atom. The number of pyridine rings is 1. The molecule has 2 aromatic rings. The largest absolute Gasteiger partial charge is 0.342 e. The van der Waals surface area contributed by atoms with Gasteiger partial charge in [0.1, 0.15) is 0 Å². The number of nitrogens with zero attached hydrogens (tertiary/aromatic N) is 2. The fraction of sp³-hybridized carbons (Fsp3) is 0.429. The van der Waals surface area contributed by atoms with Gasteiger partial charge in [0.2, 0.25) is 5.91 Å². The SMILES string of the molecule is Cc1cc(-c2ccccc2)cc([C@@H]2CCCN(C(=O)C(C)C)C2)n1. The lowest BCUT2D eigenvalue weighted by molar-refractivity contribution is -0.135. The zero-order chi connectivity index (χ0) is 17.1. The Kier molecular flexibility index (Phi) is 4.98. The first-order chi connectivity index (χ1) is 11.5. The summed E-state index contributed by atoms with van der Waals surface area (Å²) in [5.41, 5.74) is 4.59. The fourth-order valence-corrected chi connectivity index (χ4v) is 3.48. The third kappa shape index (κ3) is 3.66. The van der Waals surface area contributed by atoms with Gasteiger partial charge in [0.15, 0.2) is 0 Å². The second-order valence-corrected chi connectivity index (χ2v) is 7.07. The van der Waals surface area contributed by atoms with Gasteiger partial charge in [-0.05, 0) is 43.0 Å². The van der Waals surface area contributed by atoms with E-state index in [0.717, 1.165) is 37.3 Å². The summed E-state index contributed by atoms with van der Waals surface area (Å²) >= 11 is 0. The molecular weight excluding hydrogens is 296 g/mol. The molecule has 0 spiro atoms. The maximum Gasteiger partial charge on any atom is 0.225 e. The number of aromatic nitrogens is 1. The maximum absolute atomic E-state index is 12.3. The van der Waals surface area contributed by atoms with Crippen LogP contribution in [0.2, 0.25) is 0 Å². The van der Waals surface area contributed by atoms with Crippen molar-refractivity contribution in [2.45, 2.75) is 39.5 Å². The van der Waals surface area contributed by atoms with Gasteiger partial charge < -0.3 is 4.90 Å². The number of carbonyl (C=O) groups excluding carboxylic acids is 1. The van der Waals surface area contributed by atoms with Gasteiger partial charge in [0.25, 0.3) is 0 Å². The van der Waals surface area contributed by atoms with Gasteiger partial charge in [-0.1, -0.05) is 44.2 Å². The highest BCUT2D eigenvalue weighted by Gasteiger charge is 2.27. The Bertz CT molecular complexity index is 709. The number of carbonyl (C=O) groups is 1. The highest BCUT2D eigenvalue weighted by Crippen LogP contribution is 2.30. The average Bonchev–Trinajstić information content (AvgIpc) is 2.61. The molecule has 126 valence electrons. The highest BCUT2D eigenvalue weighted by atomic mass is 16.2. The third-order valence-electron chi connectivity index (χ3n) is 4.73. The van der Waals surface area contributed by atoms with Gasteiger partial charge in [0, 0.05) is 36.3 Å². The molecule has 24 heavy (non-hydrogen) atoms. The third-order valence-corrected chi connectivity index (χ3v) is 4.73. The lowest BCUT2D eigenvalue weighted by Crippen LogP contribution is -2.41. The van der Waals surface area contributed by atoms with Crippen molar-refractivity contribution in [2.24, 2.45) is 5.92 Å². The fourth-order valence-electron chi connectivity index (χ4n) is 3.48. The molecule has 1 aliphatic heterocycles. The molecule has 0 unspecified atom stereocenters. The van der Waals surface area contributed by atoms with Crippen LogP contribution in [0.4, 0.5) is 0 Å². The van der Waals surface area contributed by atoms with Gasteiger partial charge in [-0.25, -0.2) is 0 Å². The van der Waals surface area contributed by atoms with Gasteiger partial charge in [-0.2, -0.15) is 0 Å². The van der Waals surface area contributed by atoms with E-state index < -0.39 is 0 Å². The molecule has 1 aliphatic rings. The van der Waals surface area contributed by atoms with Crippen LogP contribution in [0.25, 0.3) is 11.1 Å². The minimum Gasteiger partial charge on any atom is -0.342 e. The van der Waals surface area contributed by atoms with Gasteiger partial charge in [0.05, 0.1) is 0 Å². The predicted molar refractivity (Wildman–Crippen MR) is 97.8 cm³/mol. The summed E-state index contributed by atoms with van der Waals surface area (Å²) in [5, 5.41) is 0. The summed E-state index contributed by atoms with van der Waals surface area (Å²) < 4.78 is 0.